The average Bonchev–Trinajstić information content (AvgIpc) is 2.43. The monoisotopic (exact) mass is 263 g/mol. The van der Waals surface area contributed by atoms with Gasteiger partial charge in [-0.25, -0.2) is 4.79 Å². The predicted octanol–water partition coefficient (Wildman–Crippen LogP) is 1.99. The predicted molar refractivity (Wildman–Crippen MR) is 72.0 cm³/mol. The van der Waals surface area contributed by atoms with Crippen LogP contribution in [0.4, 0.5) is 5.69 Å². The summed E-state index contributed by atoms with van der Waals surface area (Å²) in [5.74, 6) is -0.553. The Morgan fingerprint density at radius 2 is 1.95 bits per heavy atom. The van der Waals surface area contributed by atoms with Crippen molar-refractivity contribution in [3.8, 4) is 0 Å². The van der Waals surface area contributed by atoms with Crippen LogP contribution in [-0.4, -0.2) is 33.0 Å². The van der Waals surface area contributed by atoms with E-state index in [9.17, 15) is 9.59 Å². The molecule has 102 valence electrons. The second-order valence-electron chi connectivity index (χ2n) is 3.90. The van der Waals surface area contributed by atoms with Gasteiger partial charge in [0, 0.05) is 18.3 Å². The van der Waals surface area contributed by atoms with E-state index in [2.05, 4.69) is 4.74 Å². The van der Waals surface area contributed by atoms with E-state index in [0.29, 0.717) is 11.3 Å². The third-order valence-corrected chi connectivity index (χ3v) is 2.63. The quantitative estimate of drug-likeness (QED) is 0.352. The normalized spacial score (nSPS) is 10.8. The van der Waals surface area contributed by atoms with Crippen LogP contribution in [0.2, 0.25) is 0 Å². The lowest BCUT2D eigenvalue weighted by atomic mass is 10.1. The number of anilines is 1. The van der Waals surface area contributed by atoms with E-state index < -0.39 is 5.97 Å². The Kier molecular flexibility index (Phi) is 5.11. The van der Waals surface area contributed by atoms with Crippen LogP contribution >= 0.6 is 0 Å². The van der Waals surface area contributed by atoms with Crippen molar-refractivity contribution in [1.29, 1.82) is 0 Å². The summed E-state index contributed by atoms with van der Waals surface area (Å²) in [7, 11) is 4.44. The molecule has 0 spiro atoms. The number of hydrogen-bond donors (Lipinski definition) is 0. The lowest BCUT2D eigenvalue weighted by molar-refractivity contribution is -0.136. The van der Waals surface area contributed by atoms with E-state index in [0.717, 1.165) is 0 Å². The Hall–Kier alpha value is -2.30. The number of ketones is 1. The molecule has 0 fully saturated rings. The zero-order valence-electron chi connectivity index (χ0n) is 11.5. The first kappa shape index (κ1) is 14.8. The minimum Gasteiger partial charge on any atom is -0.502 e. The maximum Gasteiger partial charge on any atom is 0.357 e. The second kappa shape index (κ2) is 6.58. The van der Waals surface area contributed by atoms with E-state index in [1.165, 1.54) is 27.4 Å². The van der Waals surface area contributed by atoms with Crippen LogP contribution in [0, 0.1) is 0 Å². The molecule has 0 aliphatic carbocycles. The molecule has 0 heterocycles. The fourth-order valence-electron chi connectivity index (χ4n) is 1.55. The Bertz CT molecular complexity index is 508. The number of ether oxygens (including phenoxy) is 2. The first-order valence-electron chi connectivity index (χ1n) is 5.67. The Balaban J connectivity index is 3.13. The summed E-state index contributed by atoms with van der Waals surface area (Å²) in [5.41, 5.74) is 1.51. The fraction of sp³-hybridized carbons (Fsp3) is 0.286. The van der Waals surface area contributed by atoms with Gasteiger partial charge in [0.25, 0.3) is 0 Å². The highest BCUT2D eigenvalue weighted by molar-refractivity contribution is 5.96. The number of carbonyl (C=O) groups excluding carboxylic acids is 2. The highest BCUT2D eigenvalue weighted by atomic mass is 16.5. The molecule has 19 heavy (non-hydrogen) atoms. The van der Waals surface area contributed by atoms with Crippen molar-refractivity contribution in [3.63, 3.8) is 0 Å². The lowest BCUT2D eigenvalue weighted by Gasteiger charge is -2.20. The van der Waals surface area contributed by atoms with E-state index in [4.69, 9.17) is 4.74 Å². The van der Waals surface area contributed by atoms with Crippen molar-refractivity contribution in [3.05, 3.63) is 41.8 Å². The van der Waals surface area contributed by atoms with Crippen LogP contribution in [0.5, 0.6) is 0 Å². The van der Waals surface area contributed by atoms with Crippen molar-refractivity contribution in [2.75, 3.05) is 26.2 Å². The standard InChI is InChI=1S/C14H17NO4/c1-10(16)11-6-5-7-12(8-11)15(2)13(9-18-3)14(17)19-4/h5-9H,1-4H3/b13-9-. The highest BCUT2D eigenvalue weighted by Crippen LogP contribution is 2.20. The molecule has 1 rings (SSSR count). The van der Waals surface area contributed by atoms with E-state index in [1.807, 2.05) is 0 Å². The Labute approximate surface area is 112 Å². The molecule has 0 aromatic heterocycles. The van der Waals surface area contributed by atoms with E-state index in [-0.39, 0.29) is 11.5 Å². The molecule has 0 saturated carbocycles. The molecule has 0 saturated heterocycles. The maximum absolute atomic E-state index is 11.7. The van der Waals surface area contributed by atoms with Crippen molar-refractivity contribution in [2.24, 2.45) is 0 Å². The van der Waals surface area contributed by atoms with Crippen LogP contribution in [0.3, 0.4) is 0 Å². The third kappa shape index (κ3) is 3.58. The summed E-state index contributed by atoms with van der Waals surface area (Å²) in [6.07, 6.45) is 1.30. The molecule has 0 N–H and O–H groups in total. The number of esters is 1. The van der Waals surface area contributed by atoms with Gasteiger partial charge >= 0.3 is 5.97 Å². The van der Waals surface area contributed by atoms with Gasteiger partial charge in [0.15, 0.2) is 11.5 Å². The number of likely N-dealkylation sites (N-methyl/N-ethyl adjacent to an activating group) is 1. The number of nitrogens with zero attached hydrogens (tertiary/aromatic N) is 1. The van der Waals surface area contributed by atoms with Gasteiger partial charge in [-0.15, -0.1) is 0 Å². The summed E-state index contributed by atoms with van der Waals surface area (Å²) in [6, 6.07) is 6.97. The van der Waals surface area contributed by atoms with Gasteiger partial charge in [0.05, 0.1) is 14.2 Å². The van der Waals surface area contributed by atoms with Crippen LogP contribution in [0.25, 0.3) is 0 Å². The summed E-state index contributed by atoms with van der Waals surface area (Å²) in [4.78, 5) is 24.6. The Morgan fingerprint density at radius 1 is 1.26 bits per heavy atom. The zero-order valence-corrected chi connectivity index (χ0v) is 11.5. The fourth-order valence-corrected chi connectivity index (χ4v) is 1.55. The highest BCUT2D eigenvalue weighted by Gasteiger charge is 2.17. The minimum absolute atomic E-state index is 0.0365. The minimum atomic E-state index is -0.516. The van der Waals surface area contributed by atoms with E-state index in [1.54, 1.807) is 36.2 Å². The molecule has 0 atom stereocenters. The van der Waals surface area contributed by atoms with Gasteiger partial charge < -0.3 is 14.4 Å². The molecule has 5 nitrogen and oxygen atoms in total. The lowest BCUT2D eigenvalue weighted by Crippen LogP contribution is -2.24. The molecule has 1 aromatic rings. The Morgan fingerprint density at radius 3 is 2.47 bits per heavy atom. The van der Waals surface area contributed by atoms with Crippen molar-refractivity contribution in [1.82, 2.24) is 0 Å². The first-order chi connectivity index (χ1) is 9.01. The smallest absolute Gasteiger partial charge is 0.357 e. The van der Waals surface area contributed by atoms with Crippen molar-refractivity contribution in [2.45, 2.75) is 6.92 Å². The van der Waals surface area contributed by atoms with Gasteiger partial charge in [-0.2, -0.15) is 0 Å². The molecule has 0 aliphatic rings. The molecule has 0 aliphatic heterocycles. The van der Waals surface area contributed by atoms with Gasteiger partial charge in [-0.1, -0.05) is 12.1 Å². The number of Topliss-reactive ketones (excluding diaryl/α,β-unsaturated/α-hetero) is 1. The average molecular weight is 263 g/mol. The molecule has 0 radical (unpaired) electrons. The topological polar surface area (TPSA) is 55.8 Å². The molecule has 0 amide bonds. The van der Waals surface area contributed by atoms with Crippen molar-refractivity contribution >= 4 is 17.4 Å². The van der Waals surface area contributed by atoms with Crippen LogP contribution in [-0.2, 0) is 14.3 Å². The number of benzene rings is 1. The summed E-state index contributed by atoms with van der Waals surface area (Å²) >= 11 is 0. The molecule has 0 bridgehead atoms. The SMILES string of the molecule is CO/C=C(/C(=O)OC)N(C)c1cccc(C(C)=O)c1. The largest absolute Gasteiger partial charge is 0.502 e. The maximum atomic E-state index is 11.7. The number of carbonyl (C=O) groups is 2. The first-order valence-corrected chi connectivity index (χ1v) is 5.67. The summed E-state index contributed by atoms with van der Waals surface area (Å²) in [5, 5.41) is 0. The van der Waals surface area contributed by atoms with Gasteiger partial charge in [-0.05, 0) is 19.1 Å². The third-order valence-electron chi connectivity index (χ3n) is 2.63. The van der Waals surface area contributed by atoms with Gasteiger partial charge in [0.1, 0.15) is 6.26 Å². The molecular formula is C14H17NO4. The van der Waals surface area contributed by atoms with Gasteiger partial charge in [-0.3, -0.25) is 4.79 Å². The summed E-state index contributed by atoms with van der Waals surface area (Å²) < 4.78 is 9.57. The number of rotatable bonds is 5. The zero-order chi connectivity index (χ0) is 14.4. The number of methoxy groups -OCH3 is 2. The van der Waals surface area contributed by atoms with Crippen LogP contribution in [0.15, 0.2) is 36.2 Å². The molecule has 1 aromatic carbocycles. The summed E-state index contributed by atoms with van der Waals surface area (Å²) in [6.45, 7) is 1.49. The van der Waals surface area contributed by atoms with Gasteiger partial charge in [0.2, 0.25) is 0 Å². The number of hydrogen-bond acceptors (Lipinski definition) is 5. The second-order valence-corrected chi connectivity index (χ2v) is 3.90. The van der Waals surface area contributed by atoms with Crippen LogP contribution in [0.1, 0.15) is 17.3 Å². The molecule has 5 heteroatoms. The van der Waals surface area contributed by atoms with Crippen LogP contribution < -0.4 is 4.90 Å². The molecular weight excluding hydrogens is 246 g/mol. The van der Waals surface area contributed by atoms with Crippen molar-refractivity contribution < 1.29 is 19.1 Å². The van der Waals surface area contributed by atoms with E-state index >= 15 is 0 Å². The molecule has 0 unspecified atom stereocenters.